The Morgan fingerprint density at radius 2 is 2.43 bits per heavy atom. The zero-order valence-electron chi connectivity index (χ0n) is 8.16. The highest BCUT2D eigenvalue weighted by Crippen LogP contribution is 2.15. The minimum atomic E-state index is 0.562. The van der Waals surface area contributed by atoms with Crippen molar-refractivity contribution in [3.05, 3.63) is 18.3 Å². The van der Waals surface area contributed by atoms with Gasteiger partial charge in [0, 0.05) is 12.7 Å². The molecule has 1 N–H and O–H groups in total. The lowest BCUT2D eigenvalue weighted by molar-refractivity contribution is 0.611. The Morgan fingerprint density at radius 3 is 3.21 bits per heavy atom. The summed E-state index contributed by atoms with van der Waals surface area (Å²) in [5.41, 5.74) is 1.39. The van der Waals surface area contributed by atoms with Crippen LogP contribution in [0.1, 0.15) is 19.8 Å². The van der Waals surface area contributed by atoms with Gasteiger partial charge in [-0.2, -0.15) is 4.98 Å². The fourth-order valence-electron chi connectivity index (χ4n) is 1.22. The third-order valence-electron chi connectivity index (χ3n) is 1.97. The van der Waals surface area contributed by atoms with Crippen LogP contribution in [0.3, 0.4) is 0 Å². The van der Waals surface area contributed by atoms with Crippen molar-refractivity contribution in [1.29, 1.82) is 0 Å². The fourth-order valence-corrected chi connectivity index (χ4v) is 1.22. The molecule has 0 spiro atoms. The molecule has 0 atom stereocenters. The second-order valence-corrected chi connectivity index (χ2v) is 3.12. The van der Waals surface area contributed by atoms with Gasteiger partial charge in [0.05, 0.1) is 0 Å². The molecule has 2 heterocycles. The van der Waals surface area contributed by atoms with E-state index in [4.69, 9.17) is 4.42 Å². The Bertz CT molecular complexity index is 377. The second kappa shape index (κ2) is 4.09. The summed E-state index contributed by atoms with van der Waals surface area (Å²) in [5, 5.41) is 3.12. The van der Waals surface area contributed by atoms with Gasteiger partial charge in [0.25, 0.3) is 6.01 Å². The topological polar surface area (TPSA) is 51.0 Å². The smallest absolute Gasteiger partial charge is 0.297 e. The summed E-state index contributed by atoms with van der Waals surface area (Å²) >= 11 is 0. The van der Waals surface area contributed by atoms with Crippen LogP contribution in [0.2, 0.25) is 0 Å². The molecule has 4 heteroatoms. The number of pyridine rings is 1. The lowest BCUT2D eigenvalue weighted by Crippen LogP contribution is -2.00. The monoisotopic (exact) mass is 191 g/mol. The van der Waals surface area contributed by atoms with Gasteiger partial charge in [0.15, 0.2) is 5.58 Å². The zero-order valence-corrected chi connectivity index (χ0v) is 8.16. The average Bonchev–Trinajstić information content (AvgIpc) is 2.60. The van der Waals surface area contributed by atoms with Crippen molar-refractivity contribution in [2.24, 2.45) is 0 Å². The van der Waals surface area contributed by atoms with Gasteiger partial charge >= 0.3 is 0 Å². The second-order valence-electron chi connectivity index (χ2n) is 3.12. The van der Waals surface area contributed by atoms with Gasteiger partial charge in [0.2, 0.25) is 5.65 Å². The molecule has 0 amide bonds. The molecular formula is C10H13N3O. The summed E-state index contributed by atoms with van der Waals surface area (Å²) in [6, 6.07) is 4.26. The van der Waals surface area contributed by atoms with E-state index in [2.05, 4.69) is 22.2 Å². The molecule has 0 unspecified atom stereocenters. The van der Waals surface area contributed by atoms with Gasteiger partial charge in [-0.25, -0.2) is 4.98 Å². The van der Waals surface area contributed by atoms with Crippen LogP contribution in [-0.2, 0) is 0 Å². The molecule has 14 heavy (non-hydrogen) atoms. The predicted molar refractivity (Wildman–Crippen MR) is 55.2 cm³/mol. The zero-order chi connectivity index (χ0) is 9.80. The van der Waals surface area contributed by atoms with Crippen LogP contribution < -0.4 is 5.32 Å². The number of anilines is 1. The van der Waals surface area contributed by atoms with E-state index in [1.54, 1.807) is 6.20 Å². The fraction of sp³-hybridized carbons (Fsp3) is 0.400. The van der Waals surface area contributed by atoms with E-state index >= 15 is 0 Å². The maximum absolute atomic E-state index is 5.43. The molecule has 0 radical (unpaired) electrons. The van der Waals surface area contributed by atoms with E-state index in [1.807, 2.05) is 12.1 Å². The Hall–Kier alpha value is -1.58. The van der Waals surface area contributed by atoms with Gasteiger partial charge in [-0.1, -0.05) is 13.3 Å². The maximum Gasteiger partial charge on any atom is 0.297 e. The molecular weight excluding hydrogens is 178 g/mol. The quantitative estimate of drug-likeness (QED) is 0.754. The third kappa shape index (κ3) is 1.84. The van der Waals surface area contributed by atoms with Crippen molar-refractivity contribution in [2.75, 3.05) is 11.9 Å². The van der Waals surface area contributed by atoms with Crippen molar-refractivity contribution < 1.29 is 4.42 Å². The van der Waals surface area contributed by atoms with Gasteiger partial charge in [-0.15, -0.1) is 0 Å². The lowest BCUT2D eigenvalue weighted by Gasteiger charge is -1.97. The summed E-state index contributed by atoms with van der Waals surface area (Å²) in [5.74, 6) is 0. The first-order valence-corrected chi connectivity index (χ1v) is 4.85. The molecule has 4 nitrogen and oxygen atoms in total. The van der Waals surface area contributed by atoms with Crippen molar-refractivity contribution in [3.63, 3.8) is 0 Å². The molecule has 0 saturated carbocycles. The molecule has 0 aromatic carbocycles. The Labute approximate surface area is 82.4 Å². The van der Waals surface area contributed by atoms with E-state index < -0.39 is 0 Å². The first-order valence-electron chi connectivity index (χ1n) is 4.85. The standard InChI is InChI=1S/C10H13N3O/c1-2-3-6-12-10-13-9-8(14-10)5-4-7-11-9/h4-5,7H,2-3,6H2,1H3,(H,11,12,13). The largest absolute Gasteiger partial charge is 0.422 e. The Kier molecular flexibility index (Phi) is 2.62. The number of aromatic nitrogens is 2. The highest BCUT2D eigenvalue weighted by molar-refractivity contribution is 5.69. The van der Waals surface area contributed by atoms with Crippen molar-refractivity contribution in [1.82, 2.24) is 9.97 Å². The number of oxazole rings is 1. The van der Waals surface area contributed by atoms with Gasteiger partial charge in [-0.3, -0.25) is 0 Å². The minimum Gasteiger partial charge on any atom is -0.422 e. The predicted octanol–water partition coefficient (Wildman–Crippen LogP) is 2.43. The average molecular weight is 191 g/mol. The SMILES string of the molecule is CCCCNc1nc2ncccc2o1. The highest BCUT2D eigenvalue weighted by Gasteiger charge is 2.03. The number of hydrogen-bond acceptors (Lipinski definition) is 4. The van der Waals surface area contributed by atoms with Crippen LogP contribution >= 0.6 is 0 Å². The third-order valence-corrected chi connectivity index (χ3v) is 1.97. The number of nitrogens with zero attached hydrogens (tertiary/aromatic N) is 2. The van der Waals surface area contributed by atoms with E-state index in [9.17, 15) is 0 Å². The highest BCUT2D eigenvalue weighted by atomic mass is 16.4. The first kappa shape index (κ1) is 8.99. The summed E-state index contributed by atoms with van der Waals surface area (Å²) in [7, 11) is 0. The van der Waals surface area contributed by atoms with Gasteiger partial charge in [-0.05, 0) is 18.6 Å². The summed E-state index contributed by atoms with van der Waals surface area (Å²) in [4.78, 5) is 8.28. The minimum absolute atomic E-state index is 0.562. The van der Waals surface area contributed by atoms with Crippen molar-refractivity contribution >= 4 is 17.2 Å². The van der Waals surface area contributed by atoms with E-state index in [1.165, 1.54) is 0 Å². The van der Waals surface area contributed by atoms with Crippen LogP contribution in [0.25, 0.3) is 11.2 Å². The van der Waals surface area contributed by atoms with E-state index in [0.29, 0.717) is 11.7 Å². The van der Waals surface area contributed by atoms with Crippen LogP contribution in [0.15, 0.2) is 22.7 Å². The number of nitrogens with one attached hydrogen (secondary N) is 1. The number of fused-ring (bicyclic) bond motifs is 1. The first-order chi connectivity index (χ1) is 6.90. The van der Waals surface area contributed by atoms with Gasteiger partial charge in [0.1, 0.15) is 0 Å². The molecule has 2 aromatic heterocycles. The lowest BCUT2D eigenvalue weighted by atomic mass is 10.3. The molecule has 2 aromatic rings. The van der Waals surface area contributed by atoms with Crippen molar-refractivity contribution in [2.45, 2.75) is 19.8 Å². The number of rotatable bonds is 4. The maximum atomic E-state index is 5.43. The van der Waals surface area contributed by atoms with E-state index in [0.717, 1.165) is 25.0 Å². The summed E-state index contributed by atoms with van der Waals surface area (Å²) < 4.78 is 5.43. The van der Waals surface area contributed by atoms with E-state index in [-0.39, 0.29) is 0 Å². The van der Waals surface area contributed by atoms with Crippen LogP contribution in [0.5, 0.6) is 0 Å². The molecule has 74 valence electrons. The molecule has 0 bridgehead atoms. The number of unbranched alkanes of at least 4 members (excludes halogenated alkanes) is 1. The van der Waals surface area contributed by atoms with Crippen LogP contribution in [-0.4, -0.2) is 16.5 Å². The van der Waals surface area contributed by atoms with Crippen LogP contribution in [0.4, 0.5) is 6.01 Å². The normalized spacial score (nSPS) is 10.6. The van der Waals surface area contributed by atoms with Crippen LogP contribution in [0, 0.1) is 0 Å². The van der Waals surface area contributed by atoms with Crippen molar-refractivity contribution in [3.8, 4) is 0 Å². The van der Waals surface area contributed by atoms with Gasteiger partial charge < -0.3 is 9.73 Å². The number of hydrogen-bond donors (Lipinski definition) is 1. The summed E-state index contributed by atoms with van der Waals surface area (Å²) in [6.07, 6.45) is 3.98. The summed E-state index contributed by atoms with van der Waals surface area (Å²) in [6.45, 7) is 3.04. The molecule has 0 aliphatic rings. The molecule has 0 saturated heterocycles. The molecule has 0 aliphatic carbocycles. The molecule has 2 rings (SSSR count). The Morgan fingerprint density at radius 1 is 1.50 bits per heavy atom. The molecule has 0 fully saturated rings. The Balaban J connectivity index is 2.11. The molecule has 0 aliphatic heterocycles.